The molecule has 1 atom stereocenters. The van der Waals surface area contributed by atoms with Gasteiger partial charge in [-0.15, -0.1) is 0 Å². The number of hydrogen-bond acceptors (Lipinski definition) is 3. The zero-order chi connectivity index (χ0) is 10.8. The van der Waals surface area contributed by atoms with Crippen LogP contribution in [0, 0.1) is 0 Å². The number of hydrogen-bond donors (Lipinski definition) is 2. The van der Waals surface area contributed by atoms with E-state index < -0.39 is 0 Å². The quantitative estimate of drug-likeness (QED) is 0.794. The van der Waals surface area contributed by atoms with E-state index in [2.05, 4.69) is 28.8 Å². The minimum absolute atomic E-state index is 0.355. The molecule has 1 fully saturated rings. The molecule has 1 saturated heterocycles. The van der Waals surface area contributed by atoms with E-state index in [4.69, 9.17) is 4.74 Å². The summed E-state index contributed by atoms with van der Waals surface area (Å²) >= 11 is 0. The van der Waals surface area contributed by atoms with Gasteiger partial charge in [0, 0.05) is 24.3 Å². The second-order valence-corrected chi connectivity index (χ2v) is 4.55. The van der Waals surface area contributed by atoms with Crippen LogP contribution >= 0.6 is 0 Å². The predicted octanol–water partition coefficient (Wildman–Crippen LogP) is 1.79. The van der Waals surface area contributed by atoms with Gasteiger partial charge in [0.2, 0.25) is 0 Å². The number of anilines is 1. The molecule has 0 amide bonds. The van der Waals surface area contributed by atoms with Crippen LogP contribution in [-0.2, 0) is 6.42 Å². The van der Waals surface area contributed by atoms with Gasteiger partial charge in [-0.05, 0) is 37.9 Å². The lowest BCUT2D eigenvalue weighted by Crippen LogP contribution is -2.21. The summed E-state index contributed by atoms with van der Waals surface area (Å²) in [6, 6.07) is 6.33. The lowest BCUT2D eigenvalue weighted by Gasteiger charge is -2.22. The van der Waals surface area contributed by atoms with E-state index in [1.807, 2.05) is 0 Å². The Bertz CT molecular complexity index is 372. The highest BCUT2D eigenvalue weighted by Crippen LogP contribution is 2.31. The first kappa shape index (κ1) is 9.97. The molecule has 3 rings (SSSR count). The van der Waals surface area contributed by atoms with Crippen molar-refractivity contribution in [3.63, 3.8) is 0 Å². The molecule has 2 aliphatic heterocycles. The molecule has 16 heavy (non-hydrogen) atoms. The first-order valence-corrected chi connectivity index (χ1v) is 6.16. The Morgan fingerprint density at radius 2 is 2.25 bits per heavy atom. The van der Waals surface area contributed by atoms with Gasteiger partial charge in [-0.25, -0.2) is 0 Å². The van der Waals surface area contributed by atoms with Gasteiger partial charge < -0.3 is 15.4 Å². The van der Waals surface area contributed by atoms with Crippen molar-refractivity contribution in [3.8, 4) is 5.75 Å². The summed E-state index contributed by atoms with van der Waals surface area (Å²) in [6.45, 7) is 3.15. The van der Waals surface area contributed by atoms with Gasteiger partial charge in [-0.3, -0.25) is 0 Å². The normalized spacial score (nSPS) is 23.6. The van der Waals surface area contributed by atoms with Gasteiger partial charge in [-0.1, -0.05) is 6.07 Å². The molecular weight excluding hydrogens is 200 g/mol. The Morgan fingerprint density at radius 1 is 1.25 bits per heavy atom. The Kier molecular flexibility index (Phi) is 2.70. The van der Waals surface area contributed by atoms with Gasteiger partial charge in [0.25, 0.3) is 0 Å². The first-order valence-electron chi connectivity index (χ1n) is 6.16. The van der Waals surface area contributed by atoms with Crippen molar-refractivity contribution in [3.05, 3.63) is 23.8 Å². The van der Waals surface area contributed by atoms with Crippen LogP contribution in [0.3, 0.4) is 0 Å². The van der Waals surface area contributed by atoms with Crippen LogP contribution in [-0.4, -0.2) is 25.7 Å². The van der Waals surface area contributed by atoms with E-state index in [0.29, 0.717) is 6.10 Å². The molecule has 3 heteroatoms. The SMILES string of the molecule is c1cc2c(c(OC3CCNC3)c1)CCCN2. The first-order chi connectivity index (χ1) is 7.93. The molecule has 0 saturated carbocycles. The van der Waals surface area contributed by atoms with Gasteiger partial charge >= 0.3 is 0 Å². The Hall–Kier alpha value is -1.22. The van der Waals surface area contributed by atoms with Crippen molar-refractivity contribution in [2.75, 3.05) is 25.0 Å². The van der Waals surface area contributed by atoms with Gasteiger partial charge in [0.1, 0.15) is 11.9 Å². The minimum atomic E-state index is 0.355. The van der Waals surface area contributed by atoms with Crippen LogP contribution in [0.25, 0.3) is 0 Å². The average molecular weight is 218 g/mol. The van der Waals surface area contributed by atoms with Crippen molar-refractivity contribution >= 4 is 5.69 Å². The molecule has 0 radical (unpaired) electrons. The van der Waals surface area contributed by atoms with Crippen molar-refractivity contribution in [2.24, 2.45) is 0 Å². The molecule has 2 N–H and O–H groups in total. The fourth-order valence-electron chi connectivity index (χ4n) is 2.50. The van der Waals surface area contributed by atoms with Crippen LogP contribution in [0.5, 0.6) is 5.75 Å². The zero-order valence-corrected chi connectivity index (χ0v) is 9.46. The van der Waals surface area contributed by atoms with Crippen molar-refractivity contribution in [1.82, 2.24) is 5.32 Å². The molecule has 3 nitrogen and oxygen atoms in total. The summed E-state index contributed by atoms with van der Waals surface area (Å²) in [4.78, 5) is 0. The highest BCUT2D eigenvalue weighted by Gasteiger charge is 2.19. The Labute approximate surface area is 96.2 Å². The molecule has 0 spiro atoms. The Balaban J connectivity index is 1.82. The topological polar surface area (TPSA) is 33.3 Å². The molecule has 2 heterocycles. The molecule has 1 unspecified atom stereocenters. The summed E-state index contributed by atoms with van der Waals surface area (Å²) in [5, 5.41) is 6.76. The third-order valence-electron chi connectivity index (χ3n) is 3.36. The largest absolute Gasteiger partial charge is 0.489 e. The number of benzene rings is 1. The molecule has 1 aromatic carbocycles. The van der Waals surface area contributed by atoms with E-state index in [1.54, 1.807) is 0 Å². The van der Waals surface area contributed by atoms with Gasteiger partial charge in [0.05, 0.1) is 0 Å². The molecule has 2 aliphatic rings. The van der Waals surface area contributed by atoms with Crippen molar-refractivity contribution < 1.29 is 4.74 Å². The zero-order valence-electron chi connectivity index (χ0n) is 9.46. The smallest absolute Gasteiger partial charge is 0.125 e. The number of nitrogens with one attached hydrogen (secondary N) is 2. The van der Waals surface area contributed by atoms with Gasteiger partial charge in [0.15, 0.2) is 0 Å². The van der Waals surface area contributed by atoms with Crippen LogP contribution < -0.4 is 15.4 Å². The van der Waals surface area contributed by atoms with Gasteiger partial charge in [-0.2, -0.15) is 0 Å². The van der Waals surface area contributed by atoms with E-state index in [1.165, 1.54) is 17.7 Å². The fourth-order valence-corrected chi connectivity index (χ4v) is 2.50. The summed E-state index contributed by atoms with van der Waals surface area (Å²) in [5.74, 6) is 1.08. The lowest BCUT2D eigenvalue weighted by atomic mass is 10.0. The van der Waals surface area contributed by atoms with E-state index >= 15 is 0 Å². The number of ether oxygens (including phenoxy) is 1. The third-order valence-corrected chi connectivity index (χ3v) is 3.36. The molecule has 1 aromatic rings. The van der Waals surface area contributed by atoms with Crippen molar-refractivity contribution in [2.45, 2.75) is 25.4 Å². The monoisotopic (exact) mass is 218 g/mol. The molecular formula is C13H18N2O. The molecule has 0 aliphatic carbocycles. The van der Waals surface area contributed by atoms with E-state index in [-0.39, 0.29) is 0 Å². The lowest BCUT2D eigenvalue weighted by molar-refractivity contribution is 0.221. The predicted molar refractivity (Wildman–Crippen MR) is 65.2 cm³/mol. The summed E-state index contributed by atoms with van der Waals surface area (Å²) in [7, 11) is 0. The second-order valence-electron chi connectivity index (χ2n) is 4.55. The maximum absolute atomic E-state index is 6.07. The second kappa shape index (κ2) is 4.34. The van der Waals surface area contributed by atoms with Crippen molar-refractivity contribution in [1.29, 1.82) is 0 Å². The fraction of sp³-hybridized carbons (Fsp3) is 0.538. The maximum atomic E-state index is 6.07. The third kappa shape index (κ3) is 1.87. The standard InChI is InChI=1S/C13H18N2O/c1-4-12-11(3-2-7-15-12)13(5-1)16-10-6-8-14-9-10/h1,4-5,10,14-15H,2-3,6-9H2. The summed E-state index contributed by atoms with van der Waals surface area (Å²) < 4.78 is 6.07. The summed E-state index contributed by atoms with van der Waals surface area (Å²) in [5.41, 5.74) is 2.62. The molecule has 86 valence electrons. The van der Waals surface area contributed by atoms with Crippen LogP contribution in [0.15, 0.2) is 18.2 Å². The maximum Gasteiger partial charge on any atom is 0.125 e. The van der Waals surface area contributed by atoms with Crippen LogP contribution in [0.1, 0.15) is 18.4 Å². The molecule has 0 bridgehead atoms. The van der Waals surface area contributed by atoms with E-state index in [0.717, 1.165) is 38.2 Å². The number of rotatable bonds is 2. The van der Waals surface area contributed by atoms with Crippen LogP contribution in [0.2, 0.25) is 0 Å². The summed E-state index contributed by atoms with van der Waals surface area (Å²) in [6.07, 6.45) is 3.82. The van der Waals surface area contributed by atoms with E-state index in [9.17, 15) is 0 Å². The minimum Gasteiger partial charge on any atom is -0.489 e. The highest BCUT2D eigenvalue weighted by molar-refractivity contribution is 5.59. The van der Waals surface area contributed by atoms with Crippen LogP contribution in [0.4, 0.5) is 5.69 Å². The average Bonchev–Trinajstić information content (AvgIpc) is 2.82. The molecule has 0 aromatic heterocycles. The highest BCUT2D eigenvalue weighted by atomic mass is 16.5. The Morgan fingerprint density at radius 3 is 3.12 bits per heavy atom. The number of fused-ring (bicyclic) bond motifs is 1.